The van der Waals surface area contributed by atoms with Crippen molar-refractivity contribution in [2.45, 2.75) is 27.2 Å². The SMILES string of the molecule is CCC(C)(C)C(=O)OC[N+](C)(C)CS(=O)(=O)[O-]. The van der Waals surface area contributed by atoms with Crippen LogP contribution in [0.25, 0.3) is 0 Å². The van der Waals surface area contributed by atoms with Crippen LogP contribution in [0.4, 0.5) is 0 Å². The van der Waals surface area contributed by atoms with E-state index >= 15 is 0 Å². The van der Waals surface area contributed by atoms with Crippen LogP contribution >= 0.6 is 0 Å². The van der Waals surface area contributed by atoms with Gasteiger partial charge in [-0.3, -0.25) is 9.28 Å². The van der Waals surface area contributed by atoms with E-state index in [1.807, 2.05) is 6.92 Å². The molecule has 17 heavy (non-hydrogen) atoms. The summed E-state index contributed by atoms with van der Waals surface area (Å²) >= 11 is 0. The zero-order valence-corrected chi connectivity index (χ0v) is 11.8. The molecule has 0 aromatic heterocycles. The number of hydrogen-bond donors (Lipinski definition) is 0. The number of esters is 1. The maximum atomic E-state index is 11.6. The van der Waals surface area contributed by atoms with Crippen LogP contribution in [0.2, 0.25) is 0 Å². The maximum absolute atomic E-state index is 11.6. The average molecular weight is 267 g/mol. The van der Waals surface area contributed by atoms with E-state index in [1.54, 1.807) is 13.8 Å². The van der Waals surface area contributed by atoms with Gasteiger partial charge >= 0.3 is 5.97 Å². The lowest BCUT2D eigenvalue weighted by Gasteiger charge is -2.31. The van der Waals surface area contributed by atoms with E-state index in [4.69, 9.17) is 4.74 Å². The highest BCUT2D eigenvalue weighted by Gasteiger charge is 2.29. The van der Waals surface area contributed by atoms with Gasteiger partial charge in [0.2, 0.25) is 6.73 Å². The zero-order chi connectivity index (χ0) is 13.9. The van der Waals surface area contributed by atoms with Crippen molar-refractivity contribution in [1.29, 1.82) is 0 Å². The molecule has 0 aliphatic heterocycles. The first-order valence-electron chi connectivity index (χ1n) is 5.32. The molecule has 7 heteroatoms. The molecule has 0 aromatic rings. The fraction of sp³-hybridized carbons (Fsp3) is 0.900. The van der Waals surface area contributed by atoms with Crippen molar-refractivity contribution in [3.8, 4) is 0 Å². The first-order chi connectivity index (χ1) is 7.40. The summed E-state index contributed by atoms with van der Waals surface area (Å²) in [6, 6.07) is 0. The van der Waals surface area contributed by atoms with Crippen LogP contribution in [0.1, 0.15) is 27.2 Å². The van der Waals surface area contributed by atoms with Crippen LogP contribution in [0.5, 0.6) is 0 Å². The highest BCUT2D eigenvalue weighted by Crippen LogP contribution is 2.21. The van der Waals surface area contributed by atoms with Crippen molar-refractivity contribution in [3.63, 3.8) is 0 Å². The van der Waals surface area contributed by atoms with Crippen molar-refractivity contribution in [2.24, 2.45) is 5.41 Å². The Hall–Kier alpha value is -0.660. The van der Waals surface area contributed by atoms with Crippen LogP contribution in [0, 0.1) is 5.41 Å². The lowest BCUT2D eigenvalue weighted by Crippen LogP contribution is -2.46. The normalized spacial score (nSPS) is 13.5. The minimum absolute atomic E-state index is 0.135. The van der Waals surface area contributed by atoms with Crippen molar-refractivity contribution < 1.29 is 27.0 Å². The summed E-state index contributed by atoms with van der Waals surface area (Å²) in [6.45, 7) is 5.23. The van der Waals surface area contributed by atoms with Crippen molar-refractivity contribution in [1.82, 2.24) is 0 Å². The van der Waals surface area contributed by atoms with Crippen LogP contribution in [-0.2, 0) is 19.6 Å². The lowest BCUT2D eigenvalue weighted by molar-refractivity contribution is -0.896. The molecule has 0 spiro atoms. The van der Waals surface area contributed by atoms with Gasteiger partial charge in [-0.15, -0.1) is 0 Å². The Morgan fingerprint density at radius 3 is 2.18 bits per heavy atom. The van der Waals surface area contributed by atoms with Crippen molar-refractivity contribution >= 4 is 16.1 Å². The molecule has 0 rings (SSSR count). The average Bonchev–Trinajstić information content (AvgIpc) is 2.10. The van der Waals surface area contributed by atoms with E-state index in [2.05, 4.69) is 0 Å². The summed E-state index contributed by atoms with van der Waals surface area (Å²) in [5.41, 5.74) is -0.601. The topological polar surface area (TPSA) is 83.5 Å². The van der Waals surface area contributed by atoms with E-state index in [0.717, 1.165) is 0 Å². The number of rotatable bonds is 6. The van der Waals surface area contributed by atoms with Gasteiger partial charge < -0.3 is 9.29 Å². The molecular weight excluding hydrogens is 246 g/mol. The van der Waals surface area contributed by atoms with Crippen molar-refractivity contribution in [2.75, 3.05) is 26.7 Å². The van der Waals surface area contributed by atoms with E-state index < -0.39 is 27.4 Å². The van der Waals surface area contributed by atoms with Gasteiger partial charge in [-0.25, -0.2) is 8.42 Å². The summed E-state index contributed by atoms with van der Waals surface area (Å²) in [4.78, 5) is 11.6. The van der Waals surface area contributed by atoms with Gasteiger partial charge in [-0.1, -0.05) is 6.92 Å². The van der Waals surface area contributed by atoms with Crippen LogP contribution < -0.4 is 0 Å². The Bertz CT molecular complexity index is 372. The van der Waals surface area contributed by atoms with Gasteiger partial charge in [-0.05, 0) is 20.3 Å². The molecule has 0 aliphatic carbocycles. The molecule has 0 atom stereocenters. The van der Waals surface area contributed by atoms with Crippen molar-refractivity contribution in [3.05, 3.63) is 0 Å². The number of ether oxygens (including phenoxy) is 1. The highest BCUT2D eigenvalue weighted by molar-refractivity contribution is 7.85. The van der Waals surface area contributed by atoms with Gasteiger partial charge in [0.1, 0.15) is 10.1 Å². The largest absolute Gasteiger partial charge is 0.744 e. The third kappa shape index (κ3) is 6.60. The quantitative estimate of drug-likeness (QED) is 0.303. The maximum Gasteiger partial charge on any atom is 0.315 e. The molecule has 0 unspecified atom stereocenters. The Labute approximate surface area is 103 Å². The lowest BCUT2D eigenvalue weighted by atomic mass is 9.91. The fourth-order valence-electron chi connectivity index (χ4n) is 1.04. The molecule has 0 saturated carbocycles. The molecule has 0 heterocycles. The number of hydrogen-bond acceptors (Lipinski definition) is 5. The molecule has 102 valence electrons. The number of quaternary nitrogens is 1. The Morgan fingerprint density at radius 2 is 1.82 bits per heavy atom. The molecule has 0 saturated heterocycles. The summed E-state index contributed by atoms with van der Waals surface area (Å²) in [6.07, 6.45) is 0.624. The molecule has 0 aliphatic rings. The smallest absolute Gasteiger partial charge is 0.315 e. The summed E-state index contributed by atoms with van der Waals surface area (Å²) in [5.74, 6) is -0.998. The first-order valence-corrected chi connectivity index (χ1v) is 6.90. The van der Waals surface area contributed by atoms with E-state index in [9.17, 15) is 17.8 Å². The Kier molecular flexibility index (Phi) is 5.12. The number of carbonyl (C=O) groups excluding carboxylic acids is 1. The van der Waals surface area contributed by atoms with Crippen LogP contribution in [0.3, 0.4) is 0 Å². The predicted octanol–water partition coefficient (Wildman–Crippen LogP) is 0.502. The summed E-state index contributed by atoms with van der Waals surface area (Å²) in [7, 11) is -1.31. The van der Waals surface area contributed by atoms with Gasteiger partial charge in [0.25, 0.3) is 0 Å². The molecule has 0 aromatic carbocycles. The number of nitrogens with zero attached hydrogens (tertiary/aromatic N) is 1. The van der Waals surface area contributed by atoms with Gasteiger partial charge in [0.15, 0.2) is 5.88 Å². The molecule has 0 radical (unpaired) electrons. The molecule has 0 bridgehead atoms. The third-order valence-electron chi connectivity index (χ3n) is 2.49. The van der Waals surface area contributed by atoms with Gasteiger partial charge in [0.05, 0.1) is 19.5 Å². The first kappa shape index (κ1) is 16.3. The summed E-state index contributed by atoms with van der Waals surface area (Å²) in [5, 5.41) is 0. The predicted molar refractivity (Wildman–Crippen MR) is 61.7 cm³/mol. The molecular formula is C10H21NO5S. The Morgan fingerprint density at radius 1 is 1.35 bits per heavy atom. The fourth-order valence-corrected chi connectivity index (χ4v) is 1.97. The second-order valence-corrected chi connectivity index (χ2v) is 6.79. The number of carbonyl (C=O) groups is 1. The summed E-state index contributed by atoms with van der Waals surface area (Å²) < 4.78 is 36.7. The second kappa shape index (κ2) is 5.32. The molecule has 0 amide bonds. The minimum atomic E-state index is -4.34. The van der Waals surface area contributed by atoms with Crippen LogP contribution in [-0.4, -0.2) is 50.1 Å². The van der Waals surface area contributed by atoms with E-state index in [1.165, 1.54) is 14.1 Å². The van der Waals surface area contributed by atoms with E-state index in [-0.39, 0.29) is 11.2 Å². The highest BCUT2D eigenvalue weighted by atomic mass is 32.2. The van der Waals surface area contributed by atoms with Gasteiger partial charge in [0, 0.05) is 0 Å². The molecule has 0 N–H and O–H groups in total. The van der Waals surface area contributed by atoms with Gasteiger partial charge in [-0.2, -0.15) is 0 Å². The Balaban J connectivity index is 4.43. The second-order valence-electron chi connectivity index (χ2n) is 5.42. The standard InChI is InChI=1S/C10H21NO5S/c1-6-10(2,3)9(12)16-7-11(4,5)8-17(13,14)15/h6-8H2,1-5H3. The monoisotopic (exact) mass is 267 g/mol. The molecule has 0 fully saturated rings. The zero-order valence-electron chi connectivity index (χ0n) is 11.0. The third-order valence-corrected chi connectivity index (χ3v) is 3.50. The minimum Gasteiger partial charge on any atom is -0.744 e. The van der Waals surface area contributed by atoms with Crippen LogP contribution in [0.15, 0.2) is 0 Å². The molecule has 6 nitrogen and oxygen atoms in total. The van der Waals surface area contributed by atoms with E-state index in [0.29, 0.717) is 6.42 Å².